The van der Waals surface area contributed by atoms with Gasteiger partial charge in [-0.3, -0.25) is 0 Å². The van der Waals surface area contributed by atoms with E-state index in [0.29, 0.717) is 11.5 Å². The fourth-order valence-electron chi connectivity index (χ4n) is 1.61. The molecular formula is C13H17N5O2S. The van der Waals surface area contributed by atoms with E-state index in [9.17, 15) is 8.42 Å². The number of sulfonamides is 1. The molecule has 0 aliphatic rings. The van der Waals surface area contributed by atoms with E-state index < -0.39 is 10.0 Å². The zero-order chi connectivity index (χ0) is 15.1. The third-order valence-corrected chi connectivity index (χ3v) is 4.07. The second kappa shape index (κ2) is 7.09. The van der Waals surface area contributed by atoms with Crippen LogP contribution in [0.1, 0.15) is 19.0 Å². The smallest absolute Gasteiger partial charge is 0.241 e. The normalized spacial score (nSPS) is 11.3. The average molecular weight is 307 g/mol. The summed E-state index contributed by atoms with van der Waals surface area (Å²) in [5.41, 5.74) is 0.555. The molecule has 0 aliphatic heterocycles. The Balaban J connectivity index is 2.08. The van der Waals surface area contributed by atoms with Gasteiger partial charge in [-0.2, -0.15) is 10.2 Å². The molecule has 2 N–H and O–H groups in total. The summed E-state index contributed by atoms with van der Waals surface area (Å²) < 4.78 is 26.9. The Morgan fingerprint density at radius 1 is 1.24 bits per heavy atom. The molecule has 0 aromatic carbocycles. The number of pyridine rings is 1. The maximum atomic E-state index is 12.2. The molecule has 0 bridgehead atoms. The Morgan fingerprint density at radius 2 is 2.10 bits per heavy atom. The van der Waals surface area contributed by atoms with Gasteiger partial charge in [-0.25, -0.2) is 18.1 Å². The van der Waals surface area contributed by atoms with Crippen molar-refractivity contribution in [3.8, 4) is 0 Å². The van der Waals surface area contributed by atoms with Gasteiger partial charge in [0.15, 0.2) is 0 Å². The Morgan fingerprint density at radius 3 is 2.81 bits per heavy atom. The standard InChI is InChI=1S/C13H17N5O2S/c1-2-6-14-13-9-12(5-8-15-13)21(19,20)17-10-11-4-3-7-16-18-11/h3-5,7-9,17H,2,6,10H2,1H3,(H,14,15). The van der Waals surface area contributed by atoms with Crippen LogP contribution in [0.4, 0.5) is 5.82 Å². The molecule has 0 fully saturated rings. The lowest BCUT2D eigenvalue weighted by atomic mass is 10.4. The van der Waals surface area contributed by atoms with Crippen molar-refractivity contribution < 1.29 is 8.42 Å². The fraction of sp³-hybridized carbons (Fsp3) is 0.308. The summed E-state index contributed by atoms with van der Waals surface area (Å²) >= 11 is 0. The molecule has 2 aromatic rings. The first-order chi connectivity index (χ1) is 10.1. The first-order valence-electron chi connectivity index (χ1n) is 6.58. The van der Waals surface area contributed by atoms with Crippen LogP contribution in [0.25, 0.3) is 0 Å². The SMILES string of the molecule is CCCNc1cc(S(=O)(=O)NCc2cccnn2)ccn1. The molecule has 2 aromatic heterocycles. The minimum atomic E-state index is -3.60. The maximum absolute atomic E-state index is 12.2. The summed E-state index contributed by atoms with van der Waals surface area (Å²) in [6.07, 6.45) is 3.94. The summed E-state index contributed by atoms with van der Waals surface area (Å²) in [6, 6.07) is 6.37. The number of rotatable bonds is 7. The Kier molecular flexibility index (Phi) is 5.18. The second-order valence-electron chi connectivity index (χ2n) is 4.34. The fourth-order valence-corrected chi connectivity index (χ4v) is 2.62. The van der Waals surface area contributed by atoms with E-state index >= 15 is 0 Å². The number of hydrogen-bond acceptors (Lipinski definition) is 6. The van der Waals surface area contributed by atoms with Crippen LogP contribution >= 0.6 is 0 Å². The van der Waals surface area contributed by atoms with Gasteiger partial charge in [0.25, 0.3) is 0 Å². The van der Waals surface area contributed by atoms with Crippen LogP contribution in [0, 0.1) is 0 Å². The summed E-state index contributed by atoms with van der Waals surface area (Å²) in [5, 5.41) is 10.6. The van der Waals surface area contributed by atoms with Crippen LogP contribution in [-0.4, -0.2) is 30.1 Å². The Bertz CT molecular complexity index is 676. The van der Waals surface area contributed by atoms with E-state index in [1.54, 1.807) is 12.1 Å². The van der Waals surface area contributed by atoms with Crippen molar-refractivity contribution >= 4 is 15.8 Å². The largest absolute Gasteiger partial charge is 0.370 e. The molecule has 7 nitrogen and oxygen atoms in total. The molecule has 0 saturated heterocycles. The van der Waals surface area contributed by atoms with Crippen molar-refractivity contribution in [3.05, 3.63) is 42.4 Å². The number of hydrogen-bond donors (Lipinski definition) is 2. The van der Waals surface area contributed by atoms with Gasteiger partial charge in [-0.05, 0) is 24.6 Å². The molecule has 2 rings (SSSR count). The first-order valence-corrected chi connectivity index (χ1v) is 8.06. The predicted molar refractivity (Wildman–Crippen MR) is 79.1 cm³/mol. The number of aromatic nitrogens is 3. The van der Waals surface area contributed by atoms with Crippen LogP contribution < -0.4 is 10.0 Å². The lowest BCUT2D eigenvalue weighted by Crippen LogP contribution is -2.24. The van der Waals surface area contributed by atoms with Crippen LogP contribution in [0.15, 0.2) is 41.6 Å². The van der Waals surface area contributed by atoms with E-state index in [1.807, 2.05) is 6.92 Å². The van der Waals surface area contributed by atoms with Crippen molar-refractivity contribution in [2.24, 2.45) is 0 Å². The van der Waals surface area contributed by atoms with Gasteiger partial charge >= 0.3 is 0 Å². The van der Waals surface area contributed by atoms with Gasteiger partial charge in [0, 0.05) is 25.0 Å². The quantitative estimate of drug-likeness (QED) is 0.797. The molecule has 112 valence electrons. The zero-order valence-corrected chi connectivity index (χ0v) is 12.5. The summed E-state index contributed by atoms with van der Waals surface area (Å²) in [5.74, 6) is 0.541. The highest BCUT2D eigenvalue weighted by atomic mass is 32.2. The monoisotopic (exact) mass is 307 g/mol. The molecule has 0 radical (unpaired) electrons. The molecule has 0 atom stereocenters. The van der Waals surface area contributed by atoms with Crippen LogP contribution in [0.5, 0.6) is 0 Å². The van der Waals surface area contributed by atoms with Gasteiger partial charge in [-0.15, -0.1) is 0 Å². The highest BCUT2D eigenvalue weighted by molar-refractivity contribution is 7.89. The average Bonchev–Trinajstić information content (AvgIpc) is 2.52. The minimum Gasteiger partial charge on any atom is -0.370 e. The van der Waals surface area contributed by atoms with Gasteiger partial charge in [0.05, 0.1) is 17.1 Å². The maximum Gasteiger partial charge on any atom is 0.241 e. The molecule has 0 unspecified atom stereocenters. The molecule has 0 aliphatic carbocycles. The van der Waals surface area contributed by atoms with Gasteiger partial charge in [0.2, 0.25) is 10.0 Å². The van der Waals surface area contributed by atoms with Crippen LogP contribution in [0.2, 0.25) is 0 Å². The molecule has 0 spiro atoms. The van der Waals surface area contributed by atoms with E-state index in [-0.39, 0.29) is 11.4 Å². The summed E-state index contributed by atoms with van der Waals surface area (Å²) in [7, 11) is -3.60. The molecule has 2 heterocycles. The third kappa shape index (κ3) is 4.47. The summed E-state index contributed by atoms with van der Waals surface area (Å²) in [4.78, 5) is 4.25. The van der Waals surface area contributed by atoms with Crippen molar-refractivity contribution in [1.29, 1.82) is 0 Å². The van der Waals surface area contributed by atoms with Gasteiger partial charge < -0.3 is 5.32 Å². The molecular weight excluding hydrogens is 290 g/mol. The number of anilines is 1. The van der Waals surface area contributed by atoms with Gasteiger partial charge in [-0.1, -0.05) is 6.92 Å². The number of nitrogens with zero attached hydrogens (tertiary/aromatic N) is 3. The topological polar surface area (TPSA) is 96.9 Å². The first kappa shape index (κ1) is 15.3. The van der Waals surface area contributed by atoms with E-state index in [4.69, 9.17) is 0 Å². The molecule has 21 heavy (non-hydrogen) atoms. The second-order valence-corrected chi connectivity index (χ2v) is 6.11. The van der Waals surface area contributed by atoms with E-state index in [2.05, 4.69) is 25.2 Å². The Hall–Kier alpha value is -2.06. The Labute approximate surface area is 123 Å². The summed E-state index contributed by atoms with van der Waals surface area (Å²) in [6.45, 7) is 2.86. The lowest BCUT2D eigenvalue weighted by Gasteiger charge is -2.08. The van der Waals surface area contributed by atoms with Crippen LogP contribution in [-0.2, 0) is 16.6 Å². The van der Waals surface area contributed by atoms with Crippen LogP contribution in [0.3, 0.4) is 0 Å². The molecule has 8 heteroatoms. The van der Waals surface area contributed by atoms with Crippen molar-refractivity contribution in [2.75, 3.05) is 11.9 Å². The molecule has 0 saturated carbocycles. The minimum absolute atomic E-state index is 0.0935. The third-order valence-electron chi connectivity index (χ3n) is 2.67. The van der Waals surface area contributed by atoms with Crippen molar-refractivity contribution in [1.82, 2.24) is 19.9 Å². The van der Waals surface area contributed by atoms with Crippen molar-refractivity contribution in [2.45, 2.75) is 24.8 Å². The van der Waals surface area contributed by atoms with E-state index in [1.165, 1.54) is 24.5 Å². The predicted octanol–water partition coefficient (Wildman–Crippen LogP) is 1.17. The van der Waals surface area contributed by atoms with Gasteiger partial charge in [0.1, 0.15) is 5.82 Å². The number of nitrogens with one attached hydrogen (secondary N) is 2. The van der Waals surface area contributed by atoms with Crippen molar-refractivity contribution in [3.63, 3.8) is 0 Å². The highest BCUT2D eigenvalue weighted by Crippen LogP contribution is 2.13. The zero-order valence-electron chi connectivity index (χ0n) is 11.7. The highest BCUT2D eigenvalue weighted by Gasteiger charge is 2.14. The lowest BCUT2D eigenvalue weighted by molar-refractivity contribution is 0.580. The molecule has 0 amide bonds. The van der Waals surface area contributed by atoms with E-state index in [0.717, 1.165) is 13.0 Å².